The number of amides is 1. The molecule has 0 atom stereocenters. The van der Waals surface area contributed by atoms with Gasteiger partial charge in [-0.05, 0) is 59.5 Å². The van der Waals surface area contributed by atoms with Crippen LogP contribution in [0.5, 0.6) is 5.75 Å². The highest BCUT2D eigenvalue weighted by atomic mass is 16.3. The fraction of sp³-hybridized carbons (Fsp3) is 0.0333. The van der Waals surface area contributed by atoms with Crippen LogP contribution in [-0.2, 0) is 6.54 Å². The standard InChI is InChI=1S/C30H24N6O2/c31-16-17-5-10-20(11-6-17)33-30(38)24-15-18-7-14-23-22-3-1-2-4-25(22)34-27(23)26(18)28(29(24)37)36-35-21-12-8-19(32)9-13-21/h1-15,34,37H,16,31-32H2,(H,33,38). The van der Waals surface area contributed by atoms with Crippen molar-refractivity contribution in [3.8, 4) is 5.75 Å². The van der Waals surface area contributed by atoms with Crippen molar-refractivity contribution in [2.75, 3.05) is 11.1 Å². The highest BCUT2D eigenvalue weighted by Gasteiger charge is 2.21. The molecule has 0 unspecified atom stereocenters. The van der Waals surface area contributed by atoms with E-state index < -0.39 is 5.91 Å². The Labute approximate surface area is 217 Å². The normalized spacial score (nSPS) is 11.6. The van der Waals surface area contributed by atoms with Crippen molar-refractivity contribution < 1.29 is 9.90 Å². The Bertz CT molecular complexity index is 1860. The first-order valence-electron chi connectivity index (χ1n) is 12.1. The highest BCUT2D eigenvalue weighted by Crippen LogP contribution is 2.44. The summed E-state index contributed by atoms with van der Waals surface area (Å²) in [7, 11) is 0. The van der Waals surface area contributed by atoms with Crippen molar-refractivity contribution in [1.82, 2.24) is 4.98 Å². The summed E-state index contributed by atoms with van der Waals surface area (Å²) >= 11 is 0. The van der Waals surface area contributed by atoms with Gasteiger partial charge in [0.05, 0.1) is 16.8 Å². The SMILES string of the molecule is NCc1ccc(NC(=O)c2cc3ccc4c5ccccc5[nH]c4c3c(N=Nc3ccc(N)cc3)c2O)cc1. The first kappa shape index (κ1) is 23.2. The molecule has 5 aromatic carbocycles. The summed E-state index contributed by atoms with van der Waals surface area (Å²) in [6.07, 6.45) is 0. The number of hydrogen-bond acceptors (Lipinski definition) is 6. The number of H-pyrrole nitrogens is 1. The largest absolute Gasteiger partial charge is 0.505 e. The number of fused-ring (bicyclic) bond motifs is 5. The van der Waals surface area contributed by atoms with E-state index in [9.17, 15) is 9.90 Å². The zero-order valence-corrected chi connectivity index (χ0v) is 20.3. The molecule has 38 heavy (non-hydrogen) atoms. The summed E-state index contributed by atoms with van der Waals surface area (Å²) in [6, 6.07) is 27.7. The van der Waals surface area contributed by atoms with Gasteiger partial charge in [-0.2, -0.15) is 5.11 Å². The number of nitrogens with zero attached hydrogens (tertiary/aromatic N) is 2. The number of nitrogens with one attached hydrogen (secondary N) is 2. The summed E-state index contributed by atoms with van der Waals surface area (Å²) < 4.78 is 0. The van der Waals surface area contributed by atoms with Gasteiger partial charge in [-0.3, -0.25) is 4.79 Å². The minimum Gasteiger partial charge on any atom is -0.505 e. The van der Waals surface area contributed by atoms with E-state index in [0.29, 0.717) is 29.0 Å². The lowest BCUT2D eigenvalue weighted by atomic mass is 10.00. The first-order valence-corrected chi connectivity index (χ1v) is 12.1. The highest BCUT2D eigenvalue weighted by molar-refractivity contribution is 6.22. The lowest BCUT2D eigenvalue weighted by Gasteiger charge is -2.12. The van der Waals surface area contributed by atoms with Crippen molar-refractivity contribution in [2.45, 2.75) is 6.54 Å². The molecule has 0 aliphatic carbocycles. The number of phenols is 1. The third-order valence-electron chi connectivity index (χ3n) is 6.58. The fourth-order valence-electron chi connectivity index (χ4n) is 4.62. The summed E-state index contributed by atoms with van der Waals surface area (Å²) in [5.41, 5.74) is 16.2. The van der Waals surface area contributed by atoms with Gasteiger partial charge in [0.2, 0.25) is 0 Å². The molecule has 186 valence electrons. The molecule has 0 radical (unpaired) electrons. The van der Waals surface area contributed by atoms with E-state index in [4.69, 9.17) is 11.5 Å². The number of azo groups is 1. The second-order valence-corrected chi connectivity index (χ2v) is 9.02. The lowest BCUT2D eigenvalue weighted by Crippen LogP contribution is -2.12. The molecule has 0 saturated carbocycles. The Balaban J connectivity index is 1.54. The Morgan fingerprint density at radius 2 is 1.66 bits per heavy atom. The van der Waals surface area contributed by atoms with Gasteiger partial charge in [0.25, 0.3) is 5.91 Å². The van der Waals surface area contributed by atoms with E-state index in [0.717, 1.165) is 32.8 Å². The van der Waals surface area contributed by atoms with Gasteiger partial charge in [-0.25, -0.2) is 0 Å². The van der Waals surface area contributed by atoms with Crippen molar-refractivity contribution in [3.63, 3.8) is 0 Å². The number of aromatic amines is 1. The van der Waals surface area contributed by atoms with Crippen LogP contribution >= 0.6 is 0 Å². The second kappa shape index (κ2) is 9.34. The van der Waals surface area contributed by atoms with Gasteiger partial charge in [0.15, 0.2) is 5.75 Å². The Morgan fingerprint density at radius 3 is 2.42 bits per heavy atom. The third-order valence-corrected chi connectivity index (χ3v) is 6.58. The molecule has 6 rings (SSSR count). The molecule has 7 N–H and O–H groups in total. The second-order valence-electron chi connectivity index (χ2n) is 9.02. The summed E-state index contributed by atoms with van der Waals surface area (Å²) in [5.74, 6) is -0.732. The number of aromatic nitrogens is 1. The van der Waals surface area contributed by atoms with Gasteiger partial charge >= 0.3 is 0 Å². The van der Waals surface area contributed by atoms with Crippen molar-refractivity contribution in [3.05, 3.63) is 102 Å². The number of carbonyl (C=O) groups excluding carboxylic acids is 1. The quantitative estimate of drug-likeness (QED) is 0.130. The maximum Gasteiger partial charge on any atom is 0.259 e. The molecular weight excluding hydrogens is 476 g/mol. The third kappa shape index (κ3) is 4.08. The fourth-order valence-corrected chi connectivity index (χ4v) is 4.62. The van der Waals surface area contributed by atoms with Crippen LogP contribution in [0.4, 0.5) is 22.7 Å². The van der Waals surface area contributed by atoms with Crippen LogP contribution in [0.15, 0.2) is 101 Å². The Hall–Kier alpha value is -5.21. The zero-order chi connectivity index (χ0) is 26.2. The minimum absolute atomic E-state index is 0.0853. The Kier molecular flexibility index (Phi) is 5.71. The first-order chi connectivity index (χ1) is 18.5. The van der Waals surface area contributed by atoms with E-state index in [1.807, 2.05) is 48.5 Å². The minimum atomic E-state index is -0.467. The van der Waals surface area contributed by atoms with Crippen molar-refractivity contribution in [1.29, 1.82) is 0 Å². The average Bonchev–Trinajstić information content (AvgIpc) is 3.32. The number of para-hydroxylation sites is 1. The van der Waals surface area contributed by atoms with Crippen LogP contribution in [-0.4, -0.2) is 16.0 Å². The van der Waals surface area contributed by atoms with Crippen LogP contribution in [0.3, 0.4) is 0 Å². The predicted octanol–water partition coefficient (Wildman–Crippen LogP) is 6.89. The molecule has 1 heterocycles. The van der Waals surface area contributed by atoms with Gasteiger partial charge in [-0.15, -0.1) is 5.11 Å². The topological polar surface area (TPSA) is 142 Å². The number of aromatic hydroxyl groups is 1. The molecule has 6 aromatic rings. The van der Waals surface area contributed by atoms with Crippen LogP contribution in [0, 0.1) is 0 Å². The van der Waals surface area contributed by atoms with E-state index >= 15 is 0 Å². The molecule has 0 aliphatic heterocycles. The molecule has 0 spiro atoms. The van der Waals surface area contributed by atoms with E-state index in [2.05, 4.69) is 20.5 Å². The maximum absolute atomic E-state index is 13.3. The van der Waals surface area contributed by atoms with Gasteiger partial charge < -0.3 is 26.9 Å². The number of phenolic OH excluding ortho intramolecular Hbond substituents is 1. The van der Waals surface area contributed by atoms with Crippen molar-refractivity contribution in [2.24, 2.45) is 16.0 Å². The predicted molar refractivity (Wildman–Crippen MR) is 152 cm³/mol. The van der Waals surface area contributed by atoms with Crippen LogP contribution in [0.2, 0.25) is 0 Å². The van der Waals surface area contributed by atoms with Gasteiger partial charge in [0.1, 0.15) is 5.69 Å². The van der Waals surface area contributed by atoms with E-state index in [-0.39, 0.29) is 17.0 Å². The van der Waals surface area contributed by atoms with E-state index in [1.165, 1.54) is 0 Å². The number of hydrogen-bond donors (Lipinski definition) is 5. The maximum atomic E-state index is 13.3. The monoisotopic (exact) mass is 500 g/mol. The van der Waals surface area contributed by atoms with E-state index in [1.54, 1.807) is 42.5 Å². The lowest BCUT2D eigenvalue weighted by molar-refractivity contribution is 0.102. The molecule has 0 fully saturated rings. The molecule has 0 aliphatic rings. The number of nitrogen functional groups attached to an aromatic ring is 1. The van der Waals surface area contributed by atoms with Crippen LogP contribution < -0.4 is 16.8 Å². The number of carbonyl (C=O) groups is 1. The molecular formula is C30H24N6O2. The summed E-state index contributed by atoms with van der Waals surface area (Å²) in [5, 5.41) is 26.5. The Morgan fingerprint density at radius 1 is 0.895 bits per heavy atom. The van der Waals surface area contributed by atoms with Gasteiger partial charge in [0, 0.05) is 39.6 Å². The van der Waals surface area contributed by atoms with Gasteiger partial charge in [-0.1, -0.05) is 42.5 Å². The average molecular weight is 501 g/mol. The summed E-state index contributed by atoms with van der Waals surface area (Å²) in [4.78, 5) is 16.8. The van der Waals surface area contributed by atoms with Crippen LogP contribution in [0.25, 0.3) is 32.6 Å². The number of nitrogens with two attached hydrogens (primary N) is 2. The molecule has 0 bridgehead atoms. The zero-order valence-electron chi connectivity index (χ0n) is 20.3. The molecule has 0 saturated heterocycles. The van der Waals surface area contributed by atoms with Crippen LogP contribution in [0.1, 0.15) is 15.9 Å². The number of benzene rings is 5. The molecule has 1 aromatic heterocycles. The summed E-state index contributed by atoms with van der Waals surface area (Å²) in [6.45, 7) is 0.407. The molecule has 8 heteroatoms. The molecule has 1 amide bonds. The smallest absolute Gasteiger partial charge is 0.259 e. The molecule has 8 nitrogen and oxygen atoms in total. The number of rotatable bonds is 5. The van der Waals surface area contributed by atoms with Crippen molar-refractivity contribution >= 4 is 61.2 Å². The number of anilines is 2.